The molecule has 5 nitrogen and oxygen atoms in total. The zero-order chi connectivity index (χ0) is 14.5. The number of fused-ring (bicyclic) bond motifs is 1. The maximum Gasteiger partial charge on any atom is 0.165 e. The largest absolute Gasteiger partial charge is 0.338 e. The number of ketones is 1. The van der Waals surface area contributed by atoms with Gasteiger partial charge in [-0.25, -0.2) is 4.98 Å². The summed E-state index contributed by atoms with van der Waals surface area (Å²) in [5, 5.41) is 6.85. The summed E-state index contributed by atoms with van der Waals surface area (Å²) in [4.78, 5) is 16.6. The van der Waals surface area contributed by atoms with Gasteiger partial charge in [-0.1, -0.05) is 13.8 Å². The minimum absolute atomic E-state index is 0.0216. The molecule has 1 aliphatic rings. The number of H-pyrrole nitrogens is 1. The van der Waals surface area contributed by atoms with Crippen molar-refractivity contribution in [2.45, 2.75) is 46.6 Å². The highest BCUT2D eigenvalue weighted by Crippen LogP contribution is 2.37. The number of nitrogens with zero attached hydrogens (tertiary/aromatic N) is 3. The monoisotopic (exact) mass is 272 g/mol. The smallest absolute Gasteiger partial charge is 0.165 e. The molecule has 1 aliphatic carbocycles. The van der Waals surface area contributed by atoms with E-state index in [9.17, 15) is 4.79 Å². The summed E-state index contributed by atoms with van der Waals surface area (Å²) in [5.41, 5.74) is 3.14. The van der Waals surface area contributed by atoms with E-state index in [2.05, 4.69) is 40.5 Å². The highest BCUT2D eigenvalue weighted by molar-refractivity contribution is 5.99. The summed E-state index contributed by atoms with van der Waals surface area (Å²) in [5.74, 6) is 1.07. The summed E-state index contributed by atoms with van der Waals surface area (Å²) in [6.07, 6.45) is 3.06. The second-order valence-electron chi connectivity index (χ2n) is 6.50. The van der Waals surface area contributed by atoms with Crippen molar-refractivity contribution in [1.82, 2.24) is 19.7 Å². The van der Waals surface area contributed by atoms with Crippen molar-refractivity contribution < 1.29 is 4.79 Å². The van der Waals surface area contributed by atoms with Crippen molar-refractivity contribution in [3.63, 3.8) is 0 Å². The zero-order valence-corrected chi connectivity index (χ0v) is 12.4. The fourth-order valence-electron chi connectivity index (χ4n) is 3.25. The predicted octanol–water partition coefficient (Wildman–Crippen LogP) is 2.68. The molecule has 2 heterocycles. The molecule has 3 rings (SSSR count). The number of hydrogen-bond donors (Lipinski definition) is 1. The van der Waals surface area contributed by atoms with Crippen LogP contribution >= 0.6 is 0 Å². The average molecular weight is 272 g/mol. The Balaban J connectivity index is 2.12. The van der Waals surface area contributed by atoms with E-state index in [4.69, 9.17) is 0 Å². The maximum atomic E-state index is 12.3. The molecular weight excluding hydrogens is 252 g/mol. The van der Waals surface area contributed by atoms with Gasteiger partial charge in [0.25, 0.3) is 0 Å². The number of nitrogens with one attached hydrogen (secondary N) is 1. The average Bonchev–Trinajstić information content (AvgIpc) is 2.94. The van der Waals surface area contributed by atoms with Crippen LogP contribution in [0.25, 0.3) is 0 Å². The summed E-state index contributed by atoms with van der Waals surface area (Å²) in [7, 11) is 0. The van der Waals surface area contributed by atoms with Gasteiger partial charge in [-0.2, -0.15) is 5.10 Å². The molecule has 2 aromatic rings. The van der Waals surface area contributed by atoms with Crippen LogP contribution in [0, 0.1) is 12.3 Å². The van der Waals surface area contributed by atoms with E-state index < -0.39 is 0 Å². The summed E-state index contributed by atoms with van der Waals surface area (Å²) in [6, 6.07) is 2.07. The number of rotatable bonds is 2. The van der Waals surface area contributed by atoms with Crippen molar-refractivity contribution >= 4 is 5.78 Å². The zero-order valence-electron chi connectivity index (χ0n) is 12.4. The van der Waals surface area contributed by atoms with E-state index in [0.29, 0.717) is 6.42 Å². The lowest BCUT2D eigenvalue weighted by molar-refractivity contribution is 0.0909. The molecule has 0 radical (unpaired) electrons. The number of hydrogen-bond acceptors (Lipinski definition) is 3. The normalized spacial score (nSPS) is 18.9. The SMILES string of the molecule is Cc1cc2c(n1C(C)c1ncn[nH]1)CC(C)(C)CC2=O. The van der Waals surface area contributed by atoms with Gasteiger partial charge in [0, 0.05) is 23.4 Å². The van der Waals surface area contributed by atoms with Gasteiger partial charge in [-0.15, -0.1) is 0 Å². The third kappa shape index (κ3) is 1.97. The second kappa shape index (κ2) is 4.30. The molecular formula is C15H20N4O. The molecule has 0 bridgehead atoms. The third-order valence-corrected chi connectivity index (χ3v) is 4.14. The van der Waals surface area contributed by atoms with Crippen LogP contribution in [0.1, 0.15) is 60.8 Å². The fourth-order valence-corrected chi connectivity index (χ4v) is 3.25. The van der Waals surface area contributed by atoms with Gasteiger partial charge in [-0.05, 0) is 31.7 Å². The maximum absolute atomic E-state index is 12.3. The molecule has 106 valence electrons. The molecule has 5 heteroatoms. The fraction of sp³-hybridized carbons (Fsp3) is 0.533. The first-order chi connectivity index (χ1) is 9.39. The summed E-state index contributed by atoms with van der Waals surface area (Å²) < 4.78 is 2.22. The molecule has 0 saturated heterocycles. The highest BCUT2D eigenvalue weighted by Gasteiger charge is 2.35. The van der Waals surface area contributed by atoms with Crippen LogP contribution in [0.15, 0.2) is 12.4 Å². The molecule has 0 amide bonds. The van der Waals surface area contributed by atoms with E-state index in [0.717, 1.165) is 29.2 Å². The minimum atomic E-state index is 0.0216. The molecule has 1 unspecified atom stereocenters. The van der Waals surface area contributed by atoms with Crippen molar-refractivity contribution in [3.05, 3.63) is 35.2 Å². The van der Waals surface area contributed by atoms with Crippen LogP contribution in [0.2, 0.25) is 0 Å². The molecule has 1 atom stereocenters. The number of aromatic nitrogens is 4. The van der Waals surface area contributed by atoms with Crippen molar-refractivity contribution in [1.29, 1.82) is 0 Å². The Morgan fingerprint density at radius 3 is 2.80 bits per heavy atom. The Labute approximate surface area is 118 Å². The standard InChI is InChI=1S/C15H20N4O/c1-9-5-11-12(6-15(3,4)7-13(11)20)19(9)10(2)14-16-8-17-18-14/h5,8,10H,6-7H2,1-4H3,(H,16,17,18). The molecule has 0 aliphatic heterocycles. The lowest BCUT2D eigenvalue weighted by Gasteiger charge is -2.31. The molecule has 1 N–H and O–H groups in total. The van der Waals surface area contributed by atoms with Gasteiger partial charge in [-0.3, -0.25) is 9.89 Å². The van der Waals surface area contributed by atoms with Crippen LogP contribution in [0.4, 0.5) is 0 Å². The van der Waals surface area contributed by atoms with Gasteiger partial charge in [0.05, 0.1) is 6.04 Å². The van der Waals surface area contributed by atoms with Crippen LogP contribution in [0.5, 0.6) is 0 Å². The summed E-state index contributed by atoms with van der Waals surface area (Å²) in [6.45, 7) is 8.44. The first-order valence-corrected chi connectivity index (χ1v) is 6.98. The van der Waals surface area contributed by atoms with Crippen LogP contribution < -0.4 is 0 Å². The minimum Gasteiger partial charge on any atom is -0.338 e. The number of aromatic amines is 1. The van der Waals surface area contributed by atoms with Crippen LogP contribution in [-0.2, 0) is 6.42 Å². The molecule has 20 heavy (non-hydrogen) atoms. The molecule has 2 aromatic heterocycles. The molecule has 0 saturated carbocycles. The topological polar surface area (TPSA) is 63.6 Å². The van der Waals surface area contributed by atoms with E-state index in [-0.39, 0.29) is 17.2 Å². The van der Waals surface area contributed by atoms with Gasteiger partial charge in [0.2, 0.25) is 0 Å². The summed E-state index contributed by atoms with van der Waals surface area (Å²) >= 11 is 0. The first-order valence-electron chi connectivity index (χ1n) is 6.98. The van der Waals surface area contributed by atoms with Crippen molar-refractivity contribution in [3.8, 4) is 0 Å². The Kier molecular flexibility index (Phi) is 2.81. The highest BCUT2D eigenvalue weighted by atomic mass is 16.1. The van der Waals surface area contributed by atoms with E-state index in [1.54, 1.807) is 0 Å². The van der Waals surface area contributed by atoms with Gasteiger partial charge < -0.3 is 4.57 Å². The first kappa shape index (κ1) is 13.1. The van der Waals surface area contributed by atoms with E-state index in [1.165, 1.54) is 6.33 Å². The lowest BCUT2D eigenvalue weighted by atomic mass is 9.76. The quantitative estimate of drug-likeness (QED) is 0.914. The Morgan fingerprint density at radius 1 is 1.40 bits per heavy atom. The number of Topliss-reactive ketones (excluding diaryl/α,β-unsaturated/α-hetero) is 1. The van der Waals surface area contributed by atoms with Crippen molar-refractivity contribution in [2.75, 3.05) is 0 Å². The number of aryl methyl sites for hydroxylation is 1. The second-order valence-corrected chi connectivity index (χ2v) is 6.50. The van der Waals surface area contributed by atoms with Gasteiger partial charge in [0.15, 0.2) is 5.78 Å². The van der Waals surface area contributed by atoms with Crippen LogP contribution in [-0.4, -0.2) is 25.5 Å². The third-order valence-electron chi connectivity index (χ3n) is 4.14. The van der Waals surface area contributed by atoms with Gasteiger partial charge in [0.1, 0.15) is 12.2 Å². The number of carbonyl (C=O) groups is 1. The molecule has 0 fully saturated rings. The Hall–Kier alpha value is -1.91. The Bertz CT molecular complexity index is 652. The molecule has 0 spiro atoms. The van der Waals surface area contributed by atoms with E-state index in [1.807, 2.05) is 13.0 Å². The Morgan fingerprint density at radius 2 is 2.15 bits per heavy atom. The van der Waals surface area contributed by atoms with Crippen molar-refractivity contribution in [2.24, 2.45) is 5.41 Å². The van der Waals surface area contributed by atoms with Gasteiger partial charge >= 0.3 is 0 Å². The number of carbonyl (C=O) groups excluding carboxylic acids is 1. The predicted molar refractivity (Wildman–Crippen MR) is 75.8 cm³/mol. The lowest BCUT2D eigenvalue weighted by Crippen LogP contribution is -2.29. The molecule has 0 aromatic carbocycles. The van der Waals surface area contributed by atoms with Crippen LogP contribution in [0.3, 0.4) is 0 Å². The van der Waals surface area contributed by atoms with E-state index >= 15 is 0 Å².